The number of nitrogens with zero attached hydrogens (tertiary/aromatic N) is 3. The Kier molecular flexibility index (Phi) is 10.8. The zero-order valence-corrected chi connectivity index (χ0v) is 20.3. The summed E-state index contributed by atoms with van der Waals surface area (Å²) in [5.41, 5.74) is 2.35. The van der Waals surface area contributed by atoms with Crippen LogP contribution >= 0.6 is 11.6 Å². The fourth-order valence-corrected chi connectivity index (χ4v) is 3.13. The standard InChI is InChI=1S/C17H19ClN2O.C10H7N3O/c1-17(2,14-9-4-3-5-10-14)20-16(21)19-12-13-8-6-7-11-15(13)18;11-6-7-14-13-10(8-12)9-4-2-1-3-5-9/h3-11H,12H2,1-2H3,(H2,19,20,21);1-5H,7H2/b;13-10+. The van der Waals surface area contributed by atoms with Crippen LogP contribution in [0.15, 0.2) is 90.1 Å². The number of amides is 2. The minimum atomic E-state index is -0.439. The van der Waals surface area contributed by atoms with Crippen LogP contribution in [-0.2, 0) is 16.9 Å². The maximum absolute atomic E-state index is 12.1. The van der Waals surface area contributed by atoms with Gasteiger partial charge in [-0.3, -0.25) is 0 Å². The smallest absolute Gasteiger partial charge is 0.315 e. The Labute approximate surface area is 210 Å². The fraction of sp³-hybridized carbons (Fsp3) is 0.185. The van der Waals surface area contributed by atoms with Gasteiger partial charge in [0.15, 0.2) is 5.71 Å². The molecule has 0 heterocycles. The summed E-state index contributed by atoms with van der Waals surface area (Å²) in [4.78, 5) is 16.6. The van der Waals surface area contributed by atoms with E-state index in [-0.39, 0.29) is 18.3 Å². The summed E-state index contributed by atoms with van der Waals surface area (Å²) in [5, 5.41) is 26.9. The van der Waals surface area contributed by atoms with Crippen LogP contribution in [0.3, 0.4) is 0 Å². The molecule has 0 bridgehead atoms. The molecular formula is C27H26ClN5O2. The third-order valence-electron chi connectivity index (χ3n) is 4.76. The summed E-state index contributed by atoms with van der Waals surface area (Å²) in [6.07, 6.45) is 0. The van der Waals surface area contributed by atoms with Gasteiger partial charge in [0.25, 0.3) is 0 Å². The molecule has 2 amide bonds. The molecule has 3 aromatic carbocycles. The average molecular weight is 488 g/mol. The number of benzene rings is 3. The summed E-state index contributed by atoms with van der Waals surface area (Å²) >= 11 is 6.06. The third kappa shape index (κ3) is 9.21. The van der Waals surface area contributed by atoms with Crippen LogP contribution in [0.5, 0.6) is 0 Å². The van der Waals surface area contributed by atoms with E-state index >= 15 is 0 Å². The third-order valence-corrected chi connectivity index (χ3v) is 5.13. The van der Waals surface area contributed by atoms with E-state index < -0.39 is 5.54 Å². The SMILES string of the molecule is CC(C)(NC(=O)NCc1ccccc1Cl)c1ccccc1.N#CCO/N=C(\C#N)c1ccccc1. The quantitative estimate of drug-likeness (QED) is 0.259. The lowest BCUT2D eigenvalue weighted by atomic mass is 9.95. The van der Waals surface area contributed by atoms with E-state index in [0.717, 1.165) is 11.1 Å². The molecule has 0 aliphatic heterocycles. The molecule has 7 nitrogen and oxygen atoms in total. The summed E-state index contributed by atoms with van der Waals surface area (Å²) in [6.45, 7) is 4.18. The second-order valence-corrected chi connectivity index (χ2v) is 8.15. The van der Waals surface area contributed by atoms with Gasteiger partial charge in [0, 0.05) is 17.1 Å². The molecule has 0 radical (unpaired) electrons. The van der Waals surface area contributed by atoms with Gasteiger partial charge in [0.1, 0.15) is 12.1 Å². The van der Waals surface area contributed by atoms with Crippen molar-refractivity contribution in [3.05, 3.63) is 107 Å². The Morgan fingerprint density at radius 3 is 2.17 bits per heavy atom. The lowest BCUT2D eigenvalue weighted by Gasteiger charge is -2.27. The minimum absolute atomic E-state index is 0.155. The second kappa shape index (κ2) is 14.0. The Morgan fingerprint density at radius 2 is 1.57 bits per heavy atom. The van der Waals surface area contributed by atoms with Gasteiger partial charge in [-0.2, -0.15) is 10.5 Å². The molecule has 2 N–H and O–H groups in total. The second-order valence-electron chi connectivity index (χ2n) is 7.74. The van der Waals surface area contributed by atoms with E-state index in [9.17, 15) is 4.79 Å². The molecule has 3 aromatic rings. The Morgan fingerprint density at radius 1 is 0.971 bits per heavy atom. The maximum atomic E-state index is 12.1. The molecular weight excluding hydrogens is 462 g/mol. The molecule has 0 atom stereocenters. The molecule has 0 aliphatic rings. The first-order valence-corrected chi connectivity index (χ1v) is 11.1. The van der Waals surface area contributed by atoms with Crippen molar-refractivity contribution in [3.8, 4) is 12.1 Å². The Balaban J connectivity index is 0.000000269. The van der Waals surface area contributed by atoms with Crippen molar-refractivity contribution in [2.45, 2.75) is 25.9 Å². The number of rotatable bonds is 7. The van der Waals surface area contributed by atoms with Crippen LogP contribution in [0.2, 0.25) is 5.02 Å². The fourth-order valence-electron chi connectivity index (χ4n) is 2.93. The molecule has 0 fully saturated rings. The van der Waals surface area contributed by atoms with Crippen molar-refractivity contribution in [1.29, 1.82) is 10.5 Å². The molecule has 178 valence electrons. The number of carbonyl (C=O) groups excluding carboxylic acids is 1. The van der Waals surface area contributed by atoms with Crippen LogP contribution in [0.1, 0.15) is 30.5 Å². The van der Waals surface area contributed by atoms with Gasteiger partial charge in [-0.25, -0.2) is 4.79 Å². The lowest BCUT2D eigenvalue weighted by molar-refractivity contribution is 0.179. The molecule has 0 saturated heterocycles. The number of nitrogens with one attached hydrogen (secondary N) is 2. The zero-order valence-electron chi connectivity index (χ0n) is 19.5. The van der Waals surface area contributed by atoms with Crippen molar-refractivity contribution >= 4 is 23.3 Å². The number of hydrogen-bond donors (Lipinski definition) is 2. The van der Waals surface area contributed by atoms with Gasteiger partial charge >= 0.3 is 6.03 Å². The normalized spacial score (nSPS) is 10.6. The molecule has 8 heteroatoms. The zero-order chi connectivity index (χ0) is 25.5. The maximum Gasteiger partial charge on any atom is 0.315 e. The van der Waals surface area contributed by atoms with Crippen LogP contribution < -0.4 is 10.6 Å². The highest BCUT2D eigenvalue weighted by Gasteiger charge is 2.22. The molecule has 35 heavy (non-hydrogen) atoms. The van der Waals surface area contributed by atoms with Crippen molar-refractivity contribution in [2.24, 2.45) is 5.16 Å². The van der Waals surface area contributed by atoms with Crippen molar-refractivity contribution < 1.29 is 9.63 Å². The Hall–Kier alpha value is -4.33. The van der Waals surface area contributed by atoms with Gasteiger partial charge in [0.2, 0.25) is 6.61 Å². The predicted octanol–water partition coefficient (Wildman–Crippen LogP) is 5.53. The molecule has 0 saturated carbocycles. The van der Waals surface area contributed by atoms with Gasteiger partial charge in [-0.15, -0.1) is 0 Å². The Bertz CT molecular complexity index is 1200. The first kappa shape index (κ1) is 26.9. The topological polar surface area (TPSA) is 110 Å². The summed E-state index contributed by atoms with van der Waals surface area (Å²) in [5.74, 6) is 0. The average Bonchev–Trinajstić information content (AvgIpc) is 2.87. The number of oxime groups is 1. The van der Waals surface area contributed by atoms with E-state index in [4.69, 9.17) is 22.1 Å². The van der Waals surface area contributed by atoms with Gasteiger partial charge in [0.05, 0.1) is 5.54 Å². The van der Waals surface area contributed by atoms with Crippen LogP contribution in [0, 0.1) is 22.7 Å². The summed E-state index contributed by atoms with van der Waals surface area (Å²) in [6, 6.07) is 29.7. The number of carbonyl (C=O) groups is 1. The van der Waals surface area contributed by atoms with Crippen LogP contribution in [-0.4, -0.2) is 18.3 Å². The number of urea groups is 1. The highest BCUT2D eigenvalue weighted by Crippen LogP contribution is 2.19. The lowest BCUT2D eigenvalue weighted by Crippen LogP contribution is -2.46. The largest absolute Gasteiger partial charge is 0.379 e. The van der Waals surface area contributed by atoms with Gasteiger partial charge < -0.3 is 15.5 Å². The molecule has 0 aromatic heterocycles. The van der Waals surface area contributed by atoms with Crippen molar-refractivity contribution in [3.63, 3.8) is 0 Å². The van der Waals surface area contributed by atoms with E-state index in [1.807, 2.05) is 80.6 Å². The van der Waals surface area contributed by atoms with Gasteiger partial charge in [-0.05, 0) is 31.0 Å². The molecule has 3 rings (SSSR count). The minimum Gasteiger partial charge on any atom is -0.379 e. The monoisotopic (exact) mass is 487 g/mol. The highest BCUT2D eigenvalue weighted by atomic mass is 35.5. The predicted molar refractivity (Wildman–Crippen MR) is 136 cm³/mol. The summed E-state index contributed by atoms with van der Waals surface area (Å²) < 4.78 is 0. The number of nitriles is 2. The van der Waals surface area contributed by atoms with E-state index in [1.54, 1.807) is 30.3 Å². The number of halogens is 1. The summed E-state index contributed by atoms with van der Waals surface area (Å²) in [7, 11) is 0. The first-order chi connectivity index (χ1) is 16.9. The number of hydrogen-bond acceptors (Lipinski definition) is 5. The van der Waals surface area contributed by atoms with E-state index in [1.165, 1.54) is 0 Å². The highest BCUT2D eigenvalue weighted by molar-refractivity contribution is 6.31. The molecule has 0 aliphatic carbocycles. The van der Waals surface area contributed by atoms with E-state index in [0.29, 0.717) is 17.1 Å². The van der Waals surface area contributed by atoms with Crippen LogP contribution in [0.4, 0.5) is 4.79 Å². The van der Waals surface area contributed by atoms with E-state index in [2.05, 4.69) is 20.6 Å². The van der Waals surface area contributed by atoms with Crippen LogP contribution in [0.25, 0.3) is 0 Å². The molecule has 0 spiro atoms. The molecule has 0 unspecified atom stereocenters. The van der Waals surface area contributed by atoms with Gasteiger partial charge in [-0.1, -0.05) is 95.6 Å². The first-order valence-electron chi connectivity index (χ1n) is 10.7. The van der Waals surface area contributed by atoms with Crippen molar-refractivity contribution in [1.82, 2.24) is 10.6 Å². The van der Waals surface area contributed by atoms with Crippen molar-refractivity contribution in [2.75, 3.05) is 6.61 Å².